The summed E-state index contributed by atoms with van der Waals surface area (Å²) in [5.41, 5.74) is 6.68. The van der Waals surface area contributed by atoms with Crippen molar-refractivity contribution in [2.45, 2.75) is 11.4 Å². The van der Waals surface area contributed by atoms with Crippen LogP contribution in [-0.2, 0) is 16.6 Å². The summed E-state index contributed by atoms with van der Waals surface area (Å²) in [6.45, 7) is 0.186. The molecule has 0 bridgehead atoms. The van der Waals surface area contributed by atoms with Crippen molar-refractivity contribution in [2.75, 3.05) is 4.72 Å². The highest BCUT2D eigenvalue weighted by molar-refractivity contribution is 7.92. The van der Waals surface area contributed by atoms with Gasteiger partial charge in [-0.05, 0) is 23.8 Å². The van der Waals surface area contributed by atoms with Crippen LogP contribution in [0.25, 0.3) is 0 Å². The average molecular weight is 299 g/mol. The number of nitrogens with two attached hydrogens (primary N) is 1. The van der Waals surface area contributed by atoms with Gasteiger partial charge in [0.1, 0.15) is 0 Å². The van der Waals surface area contributed by atoms with E-state index in [1.54, 1.807) is 48.5 Å². The molecule has 0 unspecified atom stereocenters. The fourth-order valence-corrected chi connectivity index (χ4v) is 2.96. The number of benzene rings is 2. The van der Waals surface area contributed by atoms with E-state index in [-0.39, 0.29) is 23.8 Å². The van der Waals surface area contributed by atoms with Crippen molar-refractivity contribution in [3.8, 4) is 0 Å². The fraction of sp³-hybridized carbons (Fsp3) is 0.0769. The zero-order valence-corrected chi connectivity index (χ0v) is 11.7. The maximum atomic E-state index is 12.2. The lowest BCUT2D eigenvalue weighted by Crippen LogP contribution is -2.16. The Hall–Kier alpha value is -1.56. The van der Waals surface area contributed by atoms with Crippen LogP contribution in [0.15, 0.2) is 59.5 Å². The van der Waals surface area contributed by atoms with Crippen molar-refractivity contribution < 1.29 is 8.42 Å². The molecule has 0 aliphatic heterocycles. The first-order valence-corrected chi connectivity index (χ1v) is 6.97. The minimum Gasteiger partial charge on any atom is -0.326 e. The van der Waals surface area contributed by atoms with Gasteiger partial charge < -0.3 is 5.73 Å². The molecule has 0 spiro atoms. The lowest BCUT2D eigenvalue weighted by molar-refractivity contribution is 0.600. The molecule has 4 nitrogen and oxygen atoms in total. The molecule has 0 saturated heterocycles. The highest BCUT2D eigenvalue weighted by Crippen LogP contribution is 2.18. The lowest BCUT2D eigenvalue weighted by atomic mass is 10.2. The molecule has 0 aliphatic rings. The minimum atomic E-state index is -3.59. The Morgan fingerprint density at radius 3 is 2.16 bits per heavy atom. The van der Waals surface area contributed by atoms with E-state index in [1.165, 1.54) is 0 Å². The molecular formula is C13H15ClN2O2S. The van der Waals surface area contributed by atoms with Gasteiger partial charge in [-0.3, -0.25) is 4.72 Å². The van der Waals surface area contributed by atoms with Crippen LogP contribution in [0, 0.1) is 0 Å². The predicted octanol–water partition coefficient (Wildman–Crippen LogP) is 2.37. The highest BCUT2D eigenvalue weighted by Gasteiger charge is 2.17. The van der Waals surface area contributed by atoms with Crippen LogP contribution in [-0.4, -0.2) is 8.42 Å². The number of sulfonamides is 1. The monoisotopic (exact) mass is 298 g/mol. The van der Waals surface area contributed by atoms with Crippen LogP contribution < -0.4 is 10.5 Å². The summed E-state index contributed by atoms with van der Waals surface area (Å²) in [5.74, 6) is 0. The molecule has 2 aromatic carbocycles. The Bertz CT molecular complexity index is 630. The number of hydrogen-bond acceptors (Lipinski definition) is 3. The van der Waals surface area contributed by atoms with E-state index < -0.39 is 10.0 Å². The summed E-state index contributed by atoms with van der Waals surface area (Å²) in [7, 11) is -3.59. The number of halogens is 1. The number of para-hydroxylation sites is 1. The second kappa shape index (κ2) is 6.56. The van der Waals surface area contributed by atoms with E-state index in [4.69, 9.17) is 5.73 Å². The van der Waals surface area contributed by atoms with Crippen molar-refractivity contribution in [2.24, 2.45) is 5.73 Å². The molecule has 0 amide bonds. The normalized spacial score (nSPS) is 10.6. The number of anilines is 1. The Morgan fingerprint density at radius 1 is 0.947 bits per heavy atom. The lowest BCUT2D eigenvalue weighted by Gasteiger charge is -2.11. The molecule has 0 saturated carbocycles. The highest BCUT2D eigenvalue weighted by atomic mass is 35.5. The largest absolute Gasteiger partial charge is 0.326 e. The standard InChI is InChI=1S/C13H14N2O2S.ClH/c14-10-11-6-4-5-9-13(11)18(16,17)15-12-7-2-1-3-8-12;/h1-9,15H,10,14H2;1H. The first-order chi connectivity index (χ1) is 8.63. The second-order valence-electron chi connectivity index (χ2n) is 3.78. The molecule has 0 heterocycles. The summed E-state index contributed by atoms with van der Waals surface area (Å²) in [6, 6.07) is 15.5. The van der Waals surface area contributed by atoms with Gasteiger partial charge in [0, 0.05) is 12.2 Å². The Morgan fingerprint density at radius 2 is 1.53 bits per heavy atom. The molecular weight excluding hydrogens is 284 g/mol. The first-order valence-electron chi connectivity index (χ1n) is 5.49. The zero-order valence-electron chi connectivity index (χ0n) is 10.1. The van der Waals surface area contributed by atoms with Crippen LogP contribution >= 0.6 is 12.4 Å². The van der Waals surface area contributed by atoms with Gasteiger partial charge in [-0.2, -0.15) is 0 Å². The maximum absolute atomic E-state index is 12.2. The van der Waals surface area contributed by atoms with Gasteiger partial charge in [-0.25, -0.2) is 8.42 Å². The third kappa shape index (κ3) is 3.70. The molecule has 102 valence electrons. The molecule has 19 heavy (non-hydrogen) atoms. The molecule has 3 N–H and O–H groups in total. The molecule has 2 rings (SSSR count). The summed E-state index contributed by atoms with van der Waals surface area (Å²) in [6.07, 6.45) is 0. The van der Waals surface area contributed by atoms with E-state index in [1.807, 2.05) is 6.07 Å². The molecule has 0 radical (unpaired) electrons. The molecule has 0 aromatic heterocycles. The summed E-state index contributed by atoms with van der Waals surface area (Å²) in [4.78, 5) is 0.219. The number of rotatable bonds is 4. The van der Waals surface area contributed by atoms with Crippen molar-refractivity contribution in [1.29, 1.82) is 0 Å². The Kier molecular flexibility index (Phi) is 5.35. The Labute approximate surface area is 119 Å². The van der Waals surface area contributed by atoms with Crippen LogP contribution in [0.3, 0.4) is 0 Å². The van der Waals surface area contributed by atoms with Gasteiger partial charge in [0.05, 0.1) is 4.90 Å². The molecule has 0 aliphatic carbocycles. The van der Waals surface area contributed by atoms with E-state index >= 15 is 0 Å². The number of nitrogens with one attached hydrogen (secondary N) is 1. The van der Waals surface area contributed by atoms with Crippen molar-refractivity contribution in [3.63, 3.8) is 0 Å². The van der Waals surface area contributed by atoms with Crippen LogP contribution in [0.5, 0.6) is 0 Å². The van der Waals surface area contributed by atoms with E-state index in [0.717, 1.165) is 0 Å². The summed E-state index contributed by atoms with van der Waals surface area (Å²) >= 11 is 0. The Balaban J connectivity index is 0.00000180. The van der Waals surface area contributed by atoms with Crippen molar-refractivity contribution >= 4 is 28.1 Å². The molecule has 0 fully saturated rings. The topological polar surface area (TPSA) is 72.2 Å². The fourth-order valence-electron chi connectivity index (χ4n) is 1.65. The predicted molar refractivity (Wildman–Crippen MR) is 78.8 cm³/mol. The van der Waals surface area contributed by atoms with Crippen LogP contribution in [0.4, 0.5) is 5.69 Å². The summed E-state index contributed by atoms with van der Waals surface area (Å²) < 4.78 is 27.0. The third-order valence-electron chi connectivity index (χ3n) is 2.51. The molecule has 2 aromatic rings. The minimum absolute atomic E-state index is 0. The second-order valence-corrected chi connectivity index (χ2v) is 5.43. The van der Waals surface area contributed by atoms with Crippen LogP contribution in [0.2, 0.25) is 0 Å². The average Bonchev–Trinajstić information content (AvgIpc) is 2.39. The smallest absolute Gasteiger partial charge is 0.262 e. The van der Waals surface area contributed by atoms with Crippen molar-refractivity contribution in [3.05, 3.63) is 60.2 Å². The molecule has 0 atom stereocenters. The van der Waals surface area contributed by atoms with Gasteiger partial charge in [-0.15, -0.1) is 12.4 Å². The quantitative estimate of drug-likeness (QED) is 0.910. The van der Waals surface area contributed by atoms with Gasteiger partial charge in [-0.1, -0.05) is 36.4 Å². The van der Waals surface area contributed by atoms with Gasteiger partial charge >= 0.3 is 0 Å². The van der Waals surface area contributed by atoms with Crippen LogP contribution in [0.1, 0.15) is 5.56 Å². The van der Waals surface area contributed by atoms with Gasteiger partial charge in [0.2, 0.25) is 0 Å². The maximum Gasteiger partial charge on any atom is 0.262 e. The van der Waals surface area contributed by atoms with Gasteiger partial charge in [0.25, 0.3) is 10.0 Å². The first kappa shape index (κ1) is 15.5. The van der Waals surface area contributed by atoms with Crippen molar-refractivity contribution in [1.82, 2.24) is 0 Å². The van der Waals surface area contributed by atoms with E-state index in [0.29, 0.717) is 11.3 Å². The zero-order chi connectivity index (χ0) is 13.0. The number of hydrogen-bond donors (Lipinski definition) is 2. The van der Waals surface area contributed by atoms with E-state index in [2.05, 4.69) is 4.72 Å². The SMILES string of the molecule is Cl.NCc1ccccc1S(=O)(=O)Nc1ccccc1. The van der Waals surface area contributed by atoms with Gasteiger partial charge in [0.15, 0.2) is 0 Å². The van der Waals surface area contributed by atoms with E-state index in [9.17, 15) is 8.42 Å². The third-order valence-corrected chi connectivity index (χ3v) is 3.99. The summed E-state index contributed by atoms with van der Waals surface area (Å²) in [5, 5.41) is 0. The molecule has 6 heteroatoms.